The highest BCUT2D eigenvalue weighted by Gasteiger charge is 2.24. The van der Waals surface area contributed by atoms with E-state index >= 15 is 0 Å². The number of carbonyl (C=O) groups excluding carboxylic acids is 1. The maximum absolute atomic E-state index is 12.6. The lowest BCUT2D eigenvalue weighted by Gasteiger charge is -2.33. The molecule has 24 heavy (non-hydrogen) atoms. The molecule has 0 aliphatic carbocycles. The monoisotopic (exact) mass is 347 g/mol. The second-order valence-electron chi connectivity index (χ2n) is 5.83. The molecule has 0 spiro atoms. The molecule has 1 aliphatic heterocycles. The lowest BCUT2D eigenvalue weighted by Crippen LogP contribution is -2.34. The SMILES string of the molecule is CC1CCN(c2ccc([N+](=O)[O-])cc2C(=O)Nc2nncs2)CC1. The molecule has 1 aliphatic rings. The van der Waals surface area contributed by atoms with Gasteiger partial charge in [0.25, 0.3) is 11.6 Å². The molecule has 0 unspecified atom stereocenters. The Morgan fingerprint density at radius 1 is 1.42 bits per heavy atom. The fraction of sp³-hybridized carbons (Fsp3) is 0.400. The first-order chi connectivity index (χ1) is 11.5. The van der Waals surface area contributed by atoms with Gasteiger partial charge in [-0.1, -0.05) is 18.3 Å². The summed E-state index contributed by atoms with van der Waals surface area (Å²) in [6.07, 6.45) is 2.07. The summed E-state index contributed by atoms with van der Waals surface area (Å²) in [7, 11) is 0. The van der Waals surface area contributed by atoms with E-state index in [1.807, 2.05) is 0 Å². The van der Waals surface area contributed by atoms with E-state index in [0.717, 1.165) is 31.6 Å². The molecule has 0 saturated carbocycles. The average Bonchev–Trinajstić information content (AvgIpc) is 3.08. The van der Waals surface area contributed by atoms with Crippen LogP contribution < -0.4 is 10.2 Å². The van der Waals surface area contributed by atoms with E-state index in [0.29, 0.717) is 11.0 Å². The number of carbonyl (C=O) groups is 1. The first-order valence-electron chi connectivity index (χ1n) is 7.65. The minimum Gasteiger partial charge on any atom is -0.371 e. The summed E-state index contributed by atoms with van der Waals surface area (Å²) >= 11 is 1.20. The van der Waals surface area contributed by atoms with Crippen molar-refractivity contribution < 1.29 is 9.72 Å². The maximum atomic E-state index is 12.6. The van der Waals surface area contributed by atoms with Crippen molar-refractivity contribution in [2.45, 2.75) is 19.8 Å². The molecule has 8 nitrogen and oxygen atoms in total. The number of benzene rings is 1. The van der Waals surface area contributed by atoms with Crippen LogP contribution in [0.2, 0.25) is 0 Å². The highest BCUT2D eigenvalue weighted by Crippen LogP contribution is 2.30. The van der Waals surface area contributed by atoms with Gasteiger partial charge in [-0.15, -0.1) is 10.2 Å². The summed E-state index contributed by atoms with van der Waals surface area (Å²) in [5.74, 6) is 0.238. The number of hydrogen-bond donors (Lipinski definition) is 1. The van der Waals surface area contributed by atoms with Gasteiger partial charge in [0, 0.05) is 25.2 Å². The molecule has 0 radical (unpaired) electrons. The number of nitro benzene ring substituents is 1. The first kappa shape index (κ1) is 16.3. The Hall–Kier alpha value is -2.55. The van der Waals surface area contributed by atoms with Gasteiger partial charge in [0.05, 0.1) is 16.2 Å². The van der Waals surface area contributed by atoms with Crippen molar-refractivity contribution >= 4 is 33.8 Å². The number of nitrogens with zero attached hydrogens (tertiary/aromatic N) is 4. The third-order valence-corrected chi connectivity index (χ3v) is 4.75. The van der Waals surface area contributed by atoms with Gasteiger partial charge in [0.2, 0.25) is 5.13 Å². The van der Waals surface area contributed by atoms with Gasteiger partial charge in [0.1, 0.15) is 5.51 Å². The molecular weight excluding hydrogens is 330 g/mol. The number of nitrogens with one attached hydrogen (secondary N) is 1. The average molecular weight is 347 g/mol. The number of nitro groups is 1. The van der Waals surface area contributed by atoms with Crippen molar-refractivity contribution in [1.29, 1.82) is 0 Å². The lowest BCUT2D eigenvalue weighted by molar-refractivity contribution is -0.384. The Balaban J connectivity index is 1.92. The topological polar surface area (TPSA) is 101 Å². The molecule has 0 atom stereocenters. The molecule has 2 heterocycles. The van der Waals surface area contributed by atoms with Gasteiger partial charge >= 0.3 is 0 Å². The van der Waals surface area contributed by atoms with Crippen LogP contribution in [-0.4, -0.2) is 34.1 Å². The minimum absolute atomic E-state index is 0.105. The van der Waals surface area contributed by atoms with Crippen LogP contribution in [0.25, 0.3) is 0 Å². The van der Waals surface area contributed by atoms with Gasteiger partial charge in [-0.25, -0.2) is 0 Å². The van der Waals surface area contributed by atoms with Crippen LogP contribution in [0.1, 0.15) is 30.1 Å². The van der Waals surface area contributed by atoms with Crippen molar-refractivity contribution in [1.82, 2.24) is 10.2 Å². The Labute approximate surface area is 142 Å². The fourth-order valence-corrected chi connectivity index (χ4v) is 3.18. The number of anilines is 2. The standard InChI is InChI=1S/C15H17N5O3S/c1-10-4-6-19(7-5-10)13-3-2-11(20(22)23)8-12(13)14(21)17-15-18-16-9-24-15/h2-3,8-10H,4-7H2,1H3,(H,17,18,21). The molecule has 126 valence electrons. The highest BCUT2D eigenvalue weighted by molar-refractivity contribution is 7.13. The van der Waals surface area contributed by atoms with Gasteiger partial charge in [-0.3, -0.25) is 20.2 Å². The van der Waals surface area contributed by atoms with E-state index in [2.05, 4.69) is 27.3 Å². The van der Waals surface area contributed by atoms with Crippen molar-refractivity contribution in [3.8, 4) is 0 Å². The van der Waals surface area contributed by atoms with E-state index in [-0.39, 0.29) is 11.3 Å². The van der Waals surface area contributed by atoms with Crippen LogP contribution in [0.15, 0.2) is 23.7 Å². The van der Waals surface area contributed by atoms with E-state index in [4.69, 9.17) is 0 Å². The predicted octanol–water partition coefficient (Wildman–Crippen LogP) is 2.93. The molecule has 1 amide bonds. The van der Waals surface area contributed by atoms with E-state index in [1.54, 1.807) is 6.07 Å². The Kier molecular flexibility index (Phi) is 4.70. The Morgan fingerprint density at radius 2 is 2.17 bits per heavy atom. The van der Waals surface area contributed by atoms with Crippen LogP contribution in [0, 0.1) is 16.0 Å². The normalized spacial score (nSPS) is 15.3. The van der Waals surface area contributed by atoms with Crippen LogP contribution >= 0.6 is 11.3 Å². The van der Waals surface area contributed by atoms with Crippen molar-refractivity contribution in [3.05, 3.63) is 39.4 Å². The molecule has 1 aromatic carbocycles. The van der Waals surface area contributed by atoms with Crippen molar-refractivity contribution in [2.75, 3.05) is 23.3 Å². The molecule has 1 aromatic heterocycles. The van der Waals surface area contributed by atoms with Gasteiger partial charge < -0.3 is 4.90 Å². The van der Waals surface area contributed by atoms with Crippen LogP contribution in [0.4, 0.5) is 16.5 Å². The first-order valence-corrected chi connectivity index (χ1v) is 8.53. The molecule has 0 bridgehead atoms. The lowest BCUT2D eigenvalue weighted by atomic mass is 9.98. The summed E-state index contributed by atoms with van der Waals surface area (Å²) in [6.45, 7) is 3.87. The van der Waals surface area contributed by atoms with E-state index in [1.165, 1.54) is 29.0 Å². The molecule has 1 N–H and O–H groups in total. The van der Waals surface area contributed by atoms with Crippen LogP contribution in [0.3, 0.4) is 0 Å². The number of amides is 1. The zero-order chi connectivity index (χ0) is 17.1. The Bertz CT molecular complexity index is 742. The molecule has 9 heteroatoms. The maximum Gasteiger partial charge on any atom is 0.270 e. The number of piperidine rings is 1. The number of non-ortho nitro benzene ring substituents is 1. The molecule has 1 saturated heterocycles. The number of hydrogen-bond acceptors (Lipinski definition) is 7. The summed E-state index contributed by atoms with van der Waals surface area (Å²) in [5, 5.41) is 21.5. The second-order valence-corrected chi connectivity index (χ2v) is 6.66. The third kappa shape index (κ3) is 3.51. The Morgan fingerprint density at radius 3 is 2.79 bits per heavy atom. The molecule has 3 rings (SSSR count). The van der Waals surface area contributed by atoms with E-state index < -0.39 is 10.8 Å². The van der Waals surface area contributed by atoms with E-state index in [9.17, 15) is 14.9 Å². The third-order valence-electron chi connectivity index (χ3n) is 4.14. The van der Waals surface area contributed by atoms with Crippen molar-refractivity contribution in [2.24, 2.45) is 5.92 Å². The summed E-state index contributed by atoms with van der Waals surface area (Å²) < 4.78 is 0. The number of aromatic nitrogens is 2. The highest BCUT2D eigenvalue weighted by atomic mass is 32.1. The van der Waals surface area contributed by atoms with Crippen LogP contribution in [-0.2, 0) is 0 Å². The largest absolute Gasteiger partial charge is 0.371 e. The zero-order valence-corrected chi connectivity index (χ0v) is 14.0. The van der Waals surface area contributed by atoms with Gasteiger partial charge in [0.15, 0.2) is 0 Å². The molecule has 2 aromatic rings. The minimum atomic E-state index is -0.496. The summed E-state index contributed by atoms with van der Waals surface area (Å²) in [4.78, 5) is 25.3. The van der Waals surface area contributed by atoms with Gasteiger partial charge in [-0.05, 0) is 24.8 Å². The van der Waals surface area contributed by atoms with Crippen LogP contribution in [0.5, 0.6) is 0 Å². The second kappa shape index (κ2) is 6.91. The number of rotatable bonds is 4. The zero-order valence-electron chi connectivity index (χ0n) is 13.1. The summed E-state index contributed by atoms with van der Waals surface area (Å²) in [6, 6.07) is 4.42. The molecule has 1 fully saturated rings. The fourth-order valence-electron chi connectivity index (χ4n) is 2.74. The van der Waals surface area contributed by atoms with Gasteiger partial charge in [-0.2, -0.15) is 0 Å². The smallest absolute Gasteiger partial charge is 0.270 e. The summed E-state index contributed by atoms with van der Waals surface area (Å²) in [5.41, 5.74) is 2.41. The predicted molar refractivity (Wildman–Crippen MR) is 91.6 cm³/mol. The quantitative estimate of drug-likeness (QED) is 0.674. The molecular formula is C15H17N5O3S. The van der Waals surface area contributed by atoms with Crippen molar-refractivity contribution in [3.63, 3.8) is 0 Å².